The molecule has 0 bridgehead atoms. The van der Waals surface area contributed by atoms with Crippen molar-refractivity contribution < 1.29 is 72.3 Å². The van der Waals surface area contributed by atoms with Gasteiger partial charge < -0.3 is 67.2 Å². The van der Waals surface area contributed by atoms with E-state index >= 15 is 0 Å². The van der Waals surface area contributed by atoms with Crippen LogP contribution in [-0.4, -0.2) is 132 Å². The molecule has 5 aromatic carbocycles. The molecule has 7 N–H and O–H groups in total. The van der Waals surface area contributed by atoms with Crippen molar-refractivity contribution in [1.82, 2.24) is 48.2 Å². The van der Waals surface area contributed by atoms with Crippen molar-refractivity contribution in [2.24, 2.45) is 0 Å². The van der Waals surface area contributed by atoms with Gasteiger partial charge in [-0.3, -0.25) is 28.3 Å². The van der Waals surface area contributed by atoms with Crippen molar-refractivity contribution in [2.45, 2.75) is 148 Å². The van der Waals surface area contributed by atoms with E-state index in [1.54, 1.807) is 54.5 Å². The van der Waals surface area contributed by atoms with Crippen LogP contribution >= 0.6 is 31.1 Å². The number of carbonyl (C=O) groups is 4. The molecule has 10 rings (SSSR count). The molecular formula is C76H97BrN10O15P2. The molecule has 0 saturated heterocycles. The zero-order valence-corrected chi connectivity index (χ0v) is 62.5. The second-order valence-corrected chi connectivity index (χ2v) is 28.2. The van der Waals surface area contributed by atoms with Crippen molar-refractivity contribution in [2.75, 3.05) is 25.2 Å². The number of aromatic nitrogens is 10. The molecule has 5 aromatic heterocycles. The first-order valence-corrected chi connectivity index (χ1v) is 38.7. The van der Waals surface area contributed by atoms with Gasteiger partial charge in [0.05, 0.1) is 63.7 Å². The van der Waals surface area contributed by atoms with Crippen LogP contribution in [0.3, 0.4) is 0 Å². The molecule has 0 aliphatic rings. The Balaban J connectivity index is 0.000000230. The van der Waals surface area contributed by atoms with Crippen molar-refractivity contribution in [3.8, 4) is 0 Å². The van der Waals surface area contributed by atoms with Gasteiger partial charge in [0.25, 0.3) is 5.08 Å². The molecule has 0 aliphatic heterocycles. The van der Waals surface area contributed by atoms with E-state index in [1.807, 2.05) is 90.7 Å². The molecule has 0 amide bonds. The Bertz CT molecular complexity index is 4060. The molecule has 558 valence electrons. The van der Waals surface area contributed by atoms with Crippen LogP contribution in [0.1, 0.15) is 109 Å². The number of rotatable bonds is 34. The number of aliphatic carboxylic acids is 1. The summed E-state index contributed by atoms with van der Waals surface area (Å²) in [5.74, 6) is -1.48. The monoisotopic (exact) mass is 1530 g/mol. The molecule has 10 aromatic rings. The van der Waals surface area contributed by atoms with E-state index in [0.29, 0.717) is 43.7 Å². The molecule has 0 atom stereocenters. The molecule has 0 aliphatic carbocycles. The lowest BCUT2D eigenvalue weighted by Crippen LogP contribution is -2.34. The van der Waals surface area contributed by atoms with Gasteiger partial charge in [-0.1, -0.05) is 168 Å². The Morgan fingerprint density at radius 3 is 1.16 bits per heavy atom. The van der Waals surface area contributed by atoms with Crippen molar-refractivity contribution in [3.63, 3.8) is 0 Å². The van der Waals surface area contributed by atoms with Gasteiger partial charge in [0.1, 0.15) is 25.0 Å². The van der Waals surface area contributed by atoms with E-state index in [2.05, 4.69) is 142 Å². The smallest absolute Gasteiger partial charge is 0.371 e. The van der Waals surface area contributed by atoms with Crippen molar-refractivity contribution >= 4 is 55.0 Å². The lowest BCUT2D eigenvalue weighted by Gasteiger charge is -2.29. The van der Waals surface area contributed by atoms with Crippen molar-refractivity contribution in [3.05, 3.63) is 271 Å². The van der Waals surface area contributed by atoms with Gasteiger partial charge in [-0.25, -0.2) is 24.9 Å². The highest BCUT2D eigenvalue weighted by Crippen LogP contribution is 2.68. The van der Waals surface area contributed by atoms with Gasteiger partial charge in [-0.05, 0) is 145 Å². The third-order valence-corrected chi connectivity index (χ3v) is 19.8. The summed E-state index contributed by atoms with van der Waals surface area (Å²) in [6.45, 7) is 6.20. The standard InChI is InChI=1S/2C16H20N2O2.C14H20N2O7P2.C14H16N2O2.C12H14N2.C4H7BrO2/c1-2-20-16(19)12-18-11-15(17-13-18)10-6-9-14-7-4-3-5-8-14;1-2-20-16(19)12-18-13-17-11-15(18)10-6-9-14-7-4-3-5-8-14;17-14(24(18,19)20,25(21,22)23)10-16-11-15-9-13(16)8-4-7-12-5-2-1-3-6-12;17-14(18)10-16-11-15-9-13(16)8-4-7-12-5-2-1-3-6-12;1-2-5-11(6-3-1)7-4-8-12-9-13-10-14-12;1-2-7-4(6)3-5/h2*3-5,7-8,11,13H,2,6,9-10,12H2,1H3;1-3,5-6,9,11,17H,4,7-8,10H2,(H2,18,19,20)(H2,21,22,23);1-3,5-6,9,11H,4,7-8,10H2,(H,17,18);1-3,5-6,9-10H,4,7-8H2,(H,13,14);2-3H2,1H3. The summed E-state index contributed by atoms with van der Waals surface area (Å²) in [5, 5.41) is 15.6. The number of imidazole rings is 5. The minimum absolute atomic E-state index is 0.0132. The van der Waals surface area contributed by atoms with Gasteiger partial charge >= 0.3 is 39.1 Å². The molecule has 5 heterocycles. The van der Waals surface area contributed by atoms with Crippen LogP contribution in [0, 0.1) is 0 Å². The lowest BCUT2D eigenvalue weighted by atomic mass is 10.1. The first kappa shape index (κ1) is 85.4. The number of aryl methyl sites for hydroxylation is 10. The van der Waals surface area contributed by atoms with Crippen molar-refractivity contribution in [1.29, 1.82) is 0 Å². The Morgan fingerprint density at radius 1 is 0.452 bits per heavy atom. The number of H-pyrrole nitrogens is 1. The predicted octanol–water partition coefficient (Wildman–Crippen LogP) is 12.0. The average Bonchev–Trinajstić information content (AvgIpc) is 0.960. The number of carboxylic acids is 1. The van der Waals surface area contributed by atoms with E-state index in [9.17, 15) is 53.0 Å². The van der Waals surface area contributed by atoms with Gasteiger partial charge in [0, 0.05) is 53.8 Å². The number of alkyl halides is 1. The first-order valence-electron chi connectivity index (χ1n) is 34.4. The van der Waals surface area contributed by atoms with Crippen LogP contribution < -0.4 is 0 Å². The largest absolute Gasteiger partial charge is 0.480 e. The fourth-order valence-corrected chi connectivity index (χ4v) is 12.6. The molecule has 0 saturated carbocycles. The average molecular weight is 1530 g/mol. The van der Waals surface area contributed by atoms with E-state index in [0.717, 1.165) is 104 Å². The zero-order chi connectivity index (χ0) is 75.3. The summed E-state index contributed by atoms with van der Waals surface area (Å²) < 4.78 is 43.8. The number of carbonyl (C=O) groups excluding carboxylic acids is 3. The van der Waals surface area contributed by atoms with Crippen LogP contribution in [0.2, 0.25) is 0 Å². The van der Waals surface area contributed by atoms with E-state index < -0.39 is 32.8 Å². The summed E-state index contributed by atoms with van der Waals surface area (Å²) in [5.41, 5.74) is 11.3. The number of hydrogen-bond donors (Lipinski definition) is 7. The zero-order valence-electron chi connectivity index (χ0n) is 59.1. The summed E-state index contributed by atoms with van der Waals surface area (Å²) in [6, 6.07) is 51.4. The van der Waals surface area contributed by atoms with Crippen LogP contribution in [0.4, 0.5) is 0 Å². The molecule has 0 unspecified atom stereocenters. The highest BCUT2D eigenvalue weighted by molar-refractivity contribution is 9.09. The predicted molar refractivity (Wildman–Crippen MR) is 400 cm³/mol. The normalized spacial score (nSPS) is 10.9. The SMILES string of the molecule is CCOC(=O)CBr.CCOC(=O)Cn1cnc(CCCc2ccccc2)c1.CCOC(=O)Cn1cncc1CCCc1ccccc1.O=C(O)Cn1cncc1CCCc1ccccc1.O=P(O)(O)C(O)(Cn1cncc1CCCc1ccccc1)P(=O)(O)O.c1ccc(CCCc2cnc[nH]2)cc1. The number of nitrogens with zero attached hydrogens (tertiary/aromatic N) is 9. The number of esters is 3. The second-order valence-electron chi connectivity index (χ2n) is 23.7. The van der Waals surface area contributed by atoms with E-state index in [-0.39, 0.29) is 37.5 Å². The number of aliphatic hydroxyl groups is 1. The van der Waals surface area contributed by atoms with E-state index in [4.69, 9.17) is 14.6 Å². The van der Waals surface area contributed by atoms with Crippen LogP contribution in [0.5, 0.6) is 0 Å². The quantitative estimate of drug-likeness (QED) is 0.00852. The Hall–Kier alpha value is -9.23. The Kier molecular flexibility index (Phi) is 39.4. The van der Waals surface area contributed by atoms with Crippen LogP contribution in [0.15, 0.2) is 214 Å². The topological polar surface area (TPSA) is 351 Å². The molecule has 104 heavy (non-hydrogen) atoms. The molecule has 25 nitrogen and oxygen atoms in total. The molecule has 0 radical (unpaired) electrons. The maximum atomic E-state index is 11.5. The number of ether oxygens (including phenoxy) is 3. The molecule has 0 fully saturated rings. The number of halogens is 1. The highest BCUT2D eigenvalue weighted by Gasteiger charge is 2.60. The van der Waals surface area contributed by atoms with Gasteiger partial charge in [-0.15, -0.1) is 0 Å². The highest BCUT2D eigenvalue weighted by atomic mass is 79.9. The Morgan fingerprint density at radius 2 is 0.808 bits per heavy atom. The third-order valence-electron chi connectivity index (χ3n) is 15.6. The van der Waals surface area contributed by atoms with E-state index in [1.165, 1.54) is 46.9 Å². The fourth-order valence-electron chi connectivity index (χ4n) is 10.4. The van der Waals surface area contributed by atoms with Gasteiger partial charge in [0.15, 0.2) is 0 Å². The number of nitrogens with one attached hydrogen (secondary N) is 1. The first-order chi connectivity index (χ1) is 50.1. The number of hydrogen-bond acceptors (Lipinski definition) is 15. The second kappa shape index (κ2) is 47.9. The molecular weight excluding hydrogens is 1430 g/mol. The van der Waals surface area contributed by atoms with Crippen LogP contribution in [-0.2, 0) is 133 Å². The maximum absolute atomic E-state index is 11.5. The lowest BCUT2D eigenvalue weighted by molar-refractivity contribution is -0.144. The molecule has 28 heteroatoms. The minimum Gasteiger partial charge on any atom is -0.480 e. The Labute approximate surface area is 616 Å². The number of aromatic amines is 1. The fraction of sp³-hybridized carbons (Fsp3) is 0.355. The molecule has 0 spiro atoms. The summed E-state index contributed by atoms with van der Waals surface area (Å²) in [6.07, 6.45) is 30.8. The number of benzene rings is 5. The van der Waals surface area contributed by atoms with Crippen LogP contribution in [0.25, 0.3) is 0 Å². The summed E-state index contributed by atoms with van der Waals surface area (Å²) in [7, 11) is -11.0. The minimum atomic E-state index is -5.50. The summed E-state index contributed by atoms with van der Waals surface area (Å²) in [4.78, 5) is 104. The van der Waals surface area contributed by atoms with Gasteiger partial charge in [0.2, 0.25) is 0 Å². The third kappa shape index (κ3) is 33.5. The van der Waals surface area contributed by atoms with Gasteiger partial charge in [-0.2, -0.15) is 0 Å². The number of carboxylic acid groups (broad SMARTS) is 1. The maximum Gasteiger partial charge on any atom is 0.371 e. The summed E-state index contributed by atoms with van der Waals surface area (Å²) >= 11 is 2.94.